The minimum atomic E-state index is -0.514. The standard InChI is InChI=1S/C20H21ClN4O3/c1-11-6-17(26)15(8-16(11)21)18(23)12-2-4-25(5-3-12)20(28)14-7-13(9-22)19(27)24-10-14/h6-8,10,12,18,26H,2-5,23H2,1H3,(H,24,27). The summed E-state index contributed by atoms with van der Waals surface area (Å²) >= 11 is 6.17. The molecule has 1 fully saturated rings. The number of aromatic nitrogens is 1. The molecule has 0 saturated carbocycles. The monoisotopic (exact) mass is 400 g/mol. The number of rotatable bonds is 3. The average Bonchev–Trinajstić information content (AvgIpc) is 2.70. The second-order valence-electron chi connectivity index (χ2n) is 7.06. The van der Waals surface area contributed by atoms with Gasteiger partial charge in [-0.05, 0) is 49.4 Å². The largest absolute Gasteiger partial charge is 0.508 e. The van der Waals surface area contributed by atoms with E-state index >= 15 is 0 Å². The number of hydrogen-bond donors (Lipinski definition) is 3. The number of phenolic OH excluding ortho intramolecular Hbond substituents is 1. The van der Waals surface area contributed by atoms with Gasteiger partial charge >= 0.3 is 0 Å². The van der Waals surface area contributed by atoms with E-state index in [1.54, 1.807) is 23.1 Å². The third kappa shape index (κ3) is 3.88. The molecule has 1 aliphatic rings. The maximum atomic E-state index is 12.7. The number of pyridine rings is 1. The van der Waals surface area contributed by atoms with Crippen LogP contribution in [0, 0.1) is 24.2 Å². The van der Waals surface area contributed by atoms with Crippen molar-refractivity contribution in [1.82, 2.24) is 9.88 Å². The van der Waals surface area contributed by atoms with E-state index in [1.807, 2.05) is 6.92 Å². The van der Waals surface area contributed by atoms with Gasteiger partial charge in [0.15, 0.2) is 0 Å². The van der Waals surface area contributed by atoms with Crippen LogP contribution in [-0.2, 0) is 0 Å². The Kier molecular flexibility index (Phi) is 5.73. The van der Waals surface area contributed by atoms with Crippen molar-refractivity contribution in [3.63, 3.8) is 0 Å². The van der Waals surface area contributed by atoms with E-state index in [9.17, 15) is 14.7 Å². The number of aromatic amines is 1. The summed E-state index contributed by atoms with van der Waals surface area (Å²) in [6, 6.07) is 6.03. The first-order valence-electron chi connectivity index (χ1n) is 8.98. The molecule has 28 heavy (non-hydrogen) atoms. The second kappa shape index (κ2) is 8.05. The fraction of sp³-hybridized carbons (Fsp3) is 0.350. The van der Waals surface area contributed by atoms with Crippen molar-refractivity contribution < 1.29 is 9.90 Å². The first-order chi connectivity index (χ1) is 13.3. The van der Waals surface area contributed by atoms with Gasteiger partial charge in [0.2, 0.25) is 0 Å². The summed E-state index contributed by atoms with van der Waals surface area (Å²) in [5.74, 6) is -0.00912. The van der Waals surface area contributed by atoms with Gasteiger partial charge < -0.3 is 20.7 Å². The Bertz CT molecular complexity index is 1000. The normalized spacial score (nSPS) is 15.9. The molecular weight excluding hydrogens is 380 g/mol. The molecule has 3 rings (SSSR count). The molecule has 146 valence electrons. The Morgan fingerprint density at radius 3 is 2.71 bits per heavy atom. The lowest BCUT2D eigenvalue weighted by Gasteiger charge is -2.35. The molecule has 2 aromatic rings. The number of aryl methyl sites for hydroxylation is 1. The van der Waals surface area contributed by atoms with E-state index in [1.165, 1.54) is 12.3 Å². The number of nitrogens with one attached hydrogen (secondary N) is 1. The molecule has 1 aromatic carbocycles. The van der Waals surface area contributed by atoms with Crippen molar-refractivity contribution >= 4 is 17.5 Å². The van der Waals surface area contributed by atoms with Gasteiger partial charge in [-0.15, -0.1) is 0 Å². The highest BCUT2D eigenvalue weighted by molar-refractivity contribution is 6.31. The summed E-state index contributed by atoms with van der Waals surface area (Å²) in [6.45, 7) is 2.81. The lowest BCUT2D eigenvalue weighted by Crippen LogP contribution is -2.41. The van der Waals surface area contributed by atoms with Gasteiger partial charge in [0, 0.05) is 35.9 Å². The van der Waals surface area contributed by atoms with Crippen LogP contribution in [0.25, 0.3) is 0 Å². The lowest BCUT2D eigenvalue weighted by molar-refractivity contribution is 0.0677. The number of likely N-dealkylation sites (tertiary alicyclic amines) is 1. The zero-order valence-electron chi connectivity index (χ0n) is 15.4. The number of aromatic hydroxyl groups is 1. The van der Waals surface area contributed by atoms with E-state index in [0.717, 1.165) is 5.56 Å². The van der Waals surface area contributed by atoms with Crippen molar-refractivity contribution in [2.24, 2.45) is 11.7 Å². The summed E-state index contributed by atoms with van der Waals surface area (Å²) in [4.78, 5) is 28.2. The number of nitrogens with two attached hydrogens (primary N) is 1. The first kappa shape index (κ1) is 19.9. The molecule has 0 radical (unpaired) electrons. The van der Waals surface area contributed by atoms with Crippen LogP contribution in [0.15, 0.2) is 29.2 Å². The molecule has 1 aromatic heterocycles. The first-order valence-corrected chi connectivity index (χ1v) is 9.36. The zero-order valence-corrected chi connectivity index (χ0v) is 16.2. The molecule has 2 heterocycles. The van der Waals surface area contributed by atoms with Crippen LogP contribution in [0.3, 0.4) is 0 Å². The molecule has 1 saturated heterocycles. The second-order valence-corrected chi connectivity index (χ2v) is 7.47. The van der Waals surface area contributed by atoms with E-state index in [4.69, 9.17) is 22.6 Å². The molecule has 1 atom stereocenters. The number of benzene rings is 1. The van der Waals surface area contributed by atoms with E-state index < -0.39 is 5.56 Å². The molecule has 1 unspecified atom stereocenters. The number of hydrogen-bond acceptors (Lipinski definition) is 5. The van der Waals surface area contributed by atoms with Gasteiger partial charge in [-0.3, -0.25) is 9.59 Å². The molecule has 4 N–H and O–H groups in total. The molecular formula is C20H21ClN4O3. The molecule has 8 heteroatoms. The number of nitriles is 1. The molecule has 1 amide bonds. The molecule has 0 spiro atoms. The number of carbonyl (C=O) groups is 1. The summed E-state index contributed by atoms with van der Waals surface area (Å²) in [7, 11) is 0. The Balaban J connectivity index is 1.69. The number of phenols is 1. The van der Waals surface area contributed by atoms with Gasteiger partial charge in [0.25, 0.3) is 11.5 Å². The van der Waals surface area contributed by atoms with Gasteiger partial charge in [0.1, 0.15) is 17.4 Å². The Labute approximate surface area is 167 Å². The number of amides is 1. The maximum Gasteiger partial charge on any atom is 0.265 e. The van der Waals surface area contributed by atoms with E-state index in [-0.39, 0.29) is 34.7 Å². The predicted molar refractivity (Wildman–Crippen MR) is 105 cm³/mol. The predicted octanol–water partition coefficient (Wildman–Crippen LogP) is 2.47. The fourth-order valence-electron chi connectivity index (χ4n) is 3.54. The number of nitrogens with zero attached hydrogens (tertiary/aromatic N) is 2. The third-order valence-corrected chi connectivity index (χ3v) is 5.68. The van der Waals surface area contributed by atoms with Crippen LogP contribution in [0.5, 0.6) is 5.75 Å². The van der Waals surface area contributed by atoms with E-state index in [2.05, 4.69) is 4.98 Å². The Morgan fingerprint density at radius 1 is 1.39 bits per heavy atom. The maximum absolute atomic E-state index is 12.7. The van der Waals surface area contributed by atoms with Crippen LogP contribution in [0.2, 0.25) is 5.02 Å². The van der Waals surface area contributed by atoms with Crippen LogP contribution < -0.4 is 11.3 Å². The van der Waals surface area contributed by atoms with Crippen LogP contribution in [-0.4, -0.2) is 34.0 Å². The number of piperidine rings is 1. The minimum Gasteiger partial charge on any atom is -0.508 e. The average molecular weight is 401 g/mol. The molecule has 7 nitrogen and oxygen atoms in total. The summed E-state index contributed by atoms with van der Waals surface area (Å²) in [5.41, 5.74) is 7.45. The highest BCUT2D eigenvalue weighted by atomic mass is 35.5. The minimum absolute atomic E-state index is 0.0884. The van der Waals surface area contributed by atoms with Gasteiger partial charge in [-0.2, -0.15) is 5.26 Å². The van der Waals surface area contributed by atoms with Crippen molar-refractivity contribution in [1.29, 1.82) is 5.26 Å². The quantitative estimate of drug-likeness (QED) is 0.730. The van der Waals surface area contributed by atoms with Crippen LogP contribution in [0.4, 0.5) is 0 Å². The van der Waals surface area contributed by atoms with Gasteiger partial charge in [-0.25, -0.2) is 0 Å². The Morgan fingerprint density at radius 2 is 2.07 bits per heavy atom. The summed E-state index contributed by atoms with van der Waals surface area (Å²) in [6.07, 6.45) is 2.67. The smallest absolute Gasteiger partial charge is 0.265 e. The molecule has 0 aliphatic carbocycles. The molecule has 0 bridgehead atoms. The van der Waals surface area contributed by atoms with E-state index in [0.29, 0.717) is 36.5 Å². The fourth-order valence-corrected chi connectivity index (χ4v) is 3.71. The van der Waals surface area contributed by atoms with Crippen LogP contribution >= 0.6 is 11.6 Å². The summed E-state index contributed by atoms with van der Waals surface area (Å²) < 4.78 is 0. The lowest BCUT2D eigenvalue weighted by atomic mass is 9.85. The van der Waals surface area contributed by atoms with Crippen molar-refractivity contribution in [2.45, 2.75) is 25.8 Å². The molecule has 1 aliphatic heterocycles. The van der Waals surface area contributed by atoms with Crippen molar-refractivity contribution in [3.05, 3.63) is 62.0 Å². The zero-order chi connectivity index (χ0) is 20.4. The van der Waals surface area contributed by atoms with Crippen molar-refractivity contribution in [3.8, 4) is 11.8 Å². The topological polar surface area (TPSA) is 123 Å². The summed E-state index contributed by atoms with van der Waals surface area (Å²) in [5, 5.41) is 19.7. The van der Waals surface area contributed by atoms with Gasteiger partial charge in [0.05, 0.1) is 5.56 Å². The van der Waals surface area contributed by atoms with Crippen molar-refractivity contribution in [2.75, 3.05) is 13.1 Å². The number of halogens is 1. The number of H-pyrrole nitrogens is 1. The number of carbonyl (C=O) groups excluding carboxylic acids is 1. The van der Waals surface area contributed by atoms with Crippen LogP contribution in [0.1, 0.15) is 45.9 Å². The van der Waals surface area contributed by atoms with Gasteiger partial charge in [-0.1, -0.05) is 11.6 Å². The third-order valence-electron chi connectivity index (χ3n) is 5.27. The SMILES string of the molecule is Cc1cc(O)c(C(N)C2CCN(C(=O)c3c[nH]c(=O)c(C#N)c3)CC2)cc1Cl. The Hall–Kier alpha value is -2.82. The highest BCUT2D eigenvalue weighted by Crippen LogP contribution is 2.36. The highest BCUT2D eigenvalue weighted by Gasteiger charge is 2.29.